The molecule has 0 aliphatic rings. The van der Waals surface area contributed by atoms with Gasteiger partial charge in [0.25, 0.3) is 5.69 Å². The minimum Gasteiger partial charge on any atom is -0.368 e. The molecule has 3 aromatic rings. The Hall–Kier alpha value is -3.03. The largest absolute Gasteiger partial charge is 0.368 e. The summed E-state index contributed by atoms with van der Waals surface area (Å²) in [5.41, 5.74) is 7.34. The van der Waals surface area contributed by atoms with E-state index in [1.165, 1.54) is 12.3 Å². The molecule has 100 valence electrons. The number of rotatable bonds is 3. The number of hydrogen-bond acceptors (Lipinski definition) is 6. The number of para-hydroxylation sites is 1. The van der Waals surface area contributed by atoms with Crippen LogP contribution >= 0.6 is 0 Å². The van der Waals surface area contributed by atoms with Crippen molar-refractivity contribution in [1.82, 2.24) is 19.5 Å². The number of fused-ring (bicyclic) bond motifs is 1. The molecule has 0 saturated heterocycles. The fraction of sp³-hybridized carbons (Fsp3) is 0.0833. The van der Waals surface area contributed by atoms with Crippen molar-refractivity contribution in [2.24, 2.45) is 0 Å². The first kappa shape index (κ1) is 12.0. The lowest BCUT2D eigenvalue weighted by Gasteiger charge is -2.04. The molecule has 2 heterocycles. The third-order valence-corrected chi connectivity index (χ3v) is 2.91. The summed E-state index contributed by atoms with van der Waals surface area (Å²) in [5.74, 6) is 0.141. The summed E-state index contributed by atoms with van der Waals surface area (Å²) in [6, 6.07) is 6.56. The minimum absolute atomic E-state index is 0.0661. The van der Waals surface area contributed by atoms with Gasteiger partial charge in [0.15, 0.2) is 5.65 Å². The molecule has 2 N–H and O–H groups in total. The third kappa shape index (κ3) is 2.03. The molecule has 0 aliphatic carbocycles. The van der Waals surface area contributed by atoms with Gasteiger partial charge in [0.05, 0.1) is 24.0 Å². The van der Waals surface area contributed by atoms with Crippen LogP contribution in [0.1, 0.15) is 5.56 Å². The first-order chi connectivity index (χ1) is 9.65. The number of hydrogen-bond donors (Lipinski definition) is 1. The summed E-state index contributed by atoms with van der Waals surface area (Å²) in [4.78, 5) is 22.7. The van der Waals surface area contributed by atoms with Crippen LogP contribution in [0.3, 0.4) is 0 Å². The number of nitro groups is 1. The minimum atomic E-state index is -0.405. The summed E-state index contributed by atoms with van der Waals surface area (Å²) in [7, 11) is 0. The van der Waals surface area contributed by atoms with Gasteiger partial charge in [-0.15, -0.1) is 0 Å². The highest BCUT2D eigenvalue weighted by atomic mass is 16.6. The maximum atomic E-state index is 11.0. The topological polar surface area (TPSA) is 113 Å². The molecule has 0 aliphatic heterocycles. The van der Waals surface area contributed by atoms with E-state index in [1.54, 1.807) is 29.1 Å². The van der Waals surface area contributed by atoms with Crippen molar-refractivity contribution in [1.29, 1.82) is 0 Å². The molecule has 0 atom stereocenters. The van der Waals surface area contributed by atoms with Gasteiger partial charge in [-0.3, -0.25) is 10.1 Å². The molecule has 0 saturated carbocycles. The number of benzene rings is 1. The SMILES string of the molecule is Nc1ncc2ncn(Cc3ccccc3[N+](=O)[O-])c2n1. The number of nitrogens with zero attached hydrogens (tertiary/aromatic N) is 5. The Bertz CT molecular complexity index is 797. The lowest BCUT2D eigenvalue weighted by atomic mass is 10.2. The first-order valence-corrected chi connectivity index (χ1v) is 5.81. The quantitative estimate of drug-likeness (QED) is 0.568. The molecule has 0 spiro atoms. The Kier molecular flexibility index (Phi) is 2.75. The summed E-state index contributed by atoms with van der Waals surface area (Å²) in [6.45, 7) is 0.296. The lowest BCUT2D eigenvalue weighted by molar-refractivity contribution is -0.385. The van der Waals surface area contributed by atoms with Crippen LogP contribution in [0, 0.1) is 10.1 Å². The second-order valence-electron chi connectivity index (χ2n) is 4.20. The average Bonchev–Trinajstić information content (AvgIpc) is 2.82. The number of imidazole rings is 1. The van der Waals surface area contributed by atoms with Gasteiger partial charge >= 0.3 is 0 Å². The van der Waals surface area contributed by atoms with Crippen LogP contribution in [0.2, 0.25) is 0 Å². The van der Waals surface area contributed by atoms with Crippen molar-refractivity contribution in [3.05, 3.63) is 52.5 Å². The highest BCUT2D eigenvalue weighted by Gasteiger charge is 2.14. The van der Waals surface area contributed by atoms with Gasteiger partial charge in [-0.2, -0.15) is 4.98 Å². The van der Waals surface area contributed by atoms with Crippen LogP contribution in [-0.4, -0.2) is 24.4 Å². The van der Waals surface area contributed by atoms with Gasteiger partial charge in [-0.25, -0.2) is 9.97 Å². The van der Waals surface area contributed by atoms with Crippen molar-refractivity contribution in [2.75, 3.05) is 5.73 Å². The molecule has 8 heteroatoms. The summed E-state index contributed by atoms with van der Waals surface area (Å²) in [5, 5.41) is 11.0. The highest BCUT2D eigenvalue weighted by molar-refractivity contribution is 5.70. The maximum Gasteiger partial charge on any atom is 0.274 e. The number of aromatic nitrogens is 4. The lowest BCUT2D eigenvalue weighted by Crippen LogP contribution is -2.04. The predicted molar refractivity (Wildman–Crippen MR) is 71.9 cm³/mol. The van der Waals surface area contributed by atoms with E-state index in [1.807, 2.05) is 0 Å². The first-order valence-electron chi connectivity index (χ1n) is 5.81. The van der Waals surface area contributed by atoms with E-state index in [2.05, 4.69) is 15.0 Å². The van der Waals surface area contributed by atoms with Crippen LogP contribution in [0.4, 0.5) is 11.6 Å². The summed E-state index contributed by atoms with van der Waals surface area (Å²) < 4.78 is 1.70. The molecule has 0 amide bonds. The number of nitrogen functional groups attached to an aromatic ring is 1. The summed E-state index contributed by atoms with van der Waals surface area (Å²) >= 11 is 0. The Balaban J connectivity index is 2.06. The van der Waals surface area contributed by atoms with E-state index in [9.17, 15) is 10.1 Å². The predicted octanol–water partition coefficient (Wildman–Crippen LogP) is 1.36. The van der Waals surface area contributed by atoms with E-state index in [-0.39, 0.29) is 11.6 Å². The molecule has 20 heavy (non-hydrogen) atoms. The van der Waals surface area contributed by atoms with E-state index < -0.39 is 4.92 Å². The second kappa shape index (κ2) is 4.57. The van der Waals surface area contributed by atoms with Crippen molar-refractivity contribution >= 4 is 22.8 Å². The van der Waals surface area contributed by atoms with Crippen molar-refractivity contribution in [3.8, 4) is 0 Å². The molecule has 0 bridgehead atoms. The fourth-order valence-corrected chi connectivity index (χ4v) is 1.99. The van der Waals surface area contributed by atoms with Gasteiger partial charge in [0, 0.05) is 11.6 Å². The monoisotopic (exact) mass is 270 g/mol. The fourth-order valence-electron chi connectivity index (χ4n) is 1.99. The summed E-state index contributed by atoms with van der Waals surface area (Å²) in [6.07, 6.45) is 3.09. The van der Waals surface area contributed by atoms with Crippen molar-refractivity contribution < 1.29 is 4.92 Å². The van der Waals surface area contributed by atoms with Crippen LogP contribution in [-0.2, 0) is 6.54 Å². The van der Waals surface area contributed by atoms with E-state index >= 15 is 0 Å². The van der Waals surface area contributed by atoms with Crippen molar-refractivity contribution in [3.63, 3.8) is 0 Å². The zero-order chi connectivity index (χ0) is 14.1. The Morgan fingerprint density at radius 2 is 2.10 bits per heavy atom. The zero-order valence-electron chi connectivity index (χ0n) is 10.3. The van der Waals surface area contributed by atoms with Gasteiger partial charge < -0.3 is 10.3 Å². The number of nitrogens with two attached hydrogens (primary N) is 1. The van der Waals surface area contributed by atoms with E-state index in [0.717, 1.165) is 0 Å². The average molecular weight is 270 g/mol. The number of anilines is 1. The van der Waals surface area contributed by atoms with Crippen LogP contribution in [0.5, 0.6) is 0 Å². The van der Waals surface area contributed by atoms with Crippen LogP contribution < -0.4 is 5.73 Å². The Morgan fingerprint density at radius 1 is 1.30 bits per heavy atom. The maximum absolute atomic E-state index is 11.0. The van der Waals surface area contributed by atoms with Gasteiger partial charge in [-0.1, -0.05) is 18.2 Å². The standard InChI is InChI=1S/C12H10N6O2/c13-12-14-5-9-11(16-12)17(7-15-9)6-8-3-1-2-4-10(8)18(19)20/h1-5,7H,6H2,(H2,13,14,16). The van der Waals surface area contributed by atoms with Crippen molar-refractivity contribution in [2.45, 2.75) is 6.54 Å². The molecular formula is C12H10N6O2. The zero-order valence-corrected chi connectivity index (χ0v) is 10.3. The van der Waals surface area contributed by atoms with Gasteiger partial charge in [-0.05, 0) is 0 Å². The molecule has 1 aromatic carbocycles. The second-order valence-corrected chi connectivity index (χ2v) is 4.20. The molecule has 8 nitrogen and oxygen atoms in total. The Labute approximate surface area is 113 Å². The number of nitro benzene ring substituents is 1. The molecule has 2 aromatic heterocycles. The molecular weight excluding hydrogens is 260 g/mol. The third-order valence-electron chi connectivity index (χ3n) is 2.91. The normalized spacial score (nSPS) is 10.8. The van der Waals surface area contributed by atoms with Gasteiger partial charge in [0.1, 0.15) is 5.52 Å². The smallest absolute Gasteiger partial charge is 0.274 e. The van der Waals surface area contributed by atoms with E-state index in [4.69, 9.17) is 5.73 Å². The molecule has 0 fully saturated rings. The van der Waals surface area contributed by atoms with Crippen LogP contribution in [0.15, 0.2) is 36.8 Å². The van der Waals surface area contributed by atoms with Gasteiger partial charge in [0.2, 0.25) is 5.95 Å². The molecule has 0 radical (unpaired) electrons. The Morgan fingerprint density at radius 3 is 2.90 bits per heavy atom. The van der Waals surface area contributed by atoms with Crippen LogP contribution in [0.25, 0.3) is 11.2 Å². The molecule has 3 rings (SSSR count). The highest BCUT2D eigenvalue weighted by Crippen LogP contribution is 2.20. The molecule has 0 unspecified atom stereocenters. The van der Waals surface area contributed by atoms with E-state index in [0.29, 0.717) is 23.3 Å².